The van der Waals surface area contributed by atoms with Gasteiger partial charge in [-0.1, -0.05) is 19.9 Å². The van der Waals surface area contributed by atoms with Crippen molar-refractivity contribution in [3.8, 4) is 5.75 Å². The van der Waals surface area contributed by atoms with E-state index in [0.29, 0.717) is 5.92 Å². The van der Waals surface area contributed by atoms with Crippen LogP contribution < -0.4 is 4.74 Å². The Morgan fingerprint density at radius 2 is 1.85 bits per heavy atom. The van der Waals surface area contributed by atoms with Crippen LogP contribution in [0, 0.1) is 17.8 Å². The molecule has 3 atom stereocenters. The monoisotopic (exact) mass is 274 g/mol. The predicted octanol–water partition coefficient (Wildman–Crippen LogP) is 3.90. The molecule has 2 nitrogen and oxygen atoms in total. The molecule has 0 saturated heterocycles. The maximum atomic E-state index is 11.4. The second-order valence-electron chi connectivity index (χ2n) is 7.06. The molecule has 1 saturated carbocycles. The van der Waals surface area contributed by atoms with Crippen molar-refractivity contribution in [3.63, 3.8) is 0 Å². The van der Waals surface area contributed by atoms with E-state index in [9.17, 15) is 5.11 Å². The fourth-order valence-electron chi connectivity index (χ4n) is 4.52. The van der Waals surface area contributed by atoms with Gasteiger partial charge in [0.05, 0.1) is 12.7 Å². The molecule has 1 fully saturated rings. The van der Waals surface area contributed by atoms with Crippen molar-refractivity contribution in [2.45, 2.75) is 51.6 Å². The zero-order valence-corrected chi connectivity index (χ0v) is 12.9. The Labute approximate surface area is 122 Å². The first-order chi connectivity index (χ1) is 9.53. The predicted molar refractivity (Wildman–Crippen MR) is 80.9 cm³/mol. The first-order valence-electron chi connectivity index (χ1n) is 7.92. The third-order valence-corrected chi connectivity index (χ3v) is 5.41. The maximum Gasteiger partial charge on any atom is 0.119 e. The van der Waals surface area contributed by atoms with Gasteiger partial charge in [-0.3, -0.25) is 0 Å². The fraction of sp³-hybridized carbons (Fsp3) is 0.667. The van der Waals surface area contributed by atoms with Gasteiger partial charge in [0, 0.05) is 0 Å². The van der Waals surface area contributed by atoms with Gasteiger partial charge in [0.25, 0.3) is 0 Å². The van der Waals surface area contributed by atoms with Crippen molar-refractivity contribution in [1.82, 2.24) is 0 Å². The van der Waals surface area contributed by atoms with Gasteiger partial charge in [-0.25, -0.2) is 0 Å². The molecular weight excluding hydrogens is 248 g/mol. The highest BCUT2D eigenvalue weighted by atomic mass is 16.5. The molecule has 1 aromatic rings. The Bertz CT molecular complexity index is 486. The normalized spacial score (nSPS) is 36.7. The van der Waals surface area contributed by atoms with Crippen molar-refractivity contribution >= 4 is 0 Å². The van der Waals surface area contributed by atoms with Crippen molar-refractivity contribution in [3.05, 3.63) is 29.3 Å². The second kappa shape index (κ2) is 5.07. The van der Waals surface area contributed by atoms with E-state index < -0.39 is 5.60 Å². The van der Waals surface area contributed by atoms with E-state index in [4.69, 9.17) is 4.74 Å². The van der Waals surface area contributed by atoms with E-state index in [1.54, 1.807) is 7.11 Å². The summed E-state index contributed by atoms with van der Waals surface area (Å²) in [7, 11) is 1.69. The lowest BCUT2D eigenvalue weighted by atomic mass is 9.68. The first-order valence-corrected chi connectivity index (χ1v) is 7.92. The van der Waals surface area contributed by atoms with Crippen LogP contribution in [0.1, 0.15) is 50.7 Å². The summed E-state index contributed by atoms with van der Waals surface area (Å²) in [5.41, 5.74) is 1.80. The lowest BCUT2D eigenvalue weighted by molar-refractivity contribution is -0.0527. The highest BCUT2D eigenvalue weighted by Crippen LogP contribution is 2.50. The number of ether oxygens (including phenoxy) is 1. The van der Waals surface area contributed by atoms with Crippen LogP contribution in [-0.4, -0.2) is 12.2 Å². The van der Waals surface area contributed by atoms with Gasteiger partial charge in [-0.15, -0.1) is 0 Å². The zero-order valence-electron chi connectivity index (χ0n) is 12.9. The number of fused-ring (bicyclic) bond motifs is 1. The van der Waals surface area contributed by atoms with E-state index in [0.717, 1.165) is 48.8 Å². The van der Waals surface area contributed by atoms with Crippen molar-refractivity contribution in [1.29, 1.82) is 0 Å². The highest BCUT2D eigenvalue weighted by Gasteiger charge is 2.45. The molecule has 1 N–H and O–H groups in total. The molecule has 2 aliphatic carbocycles. The van der Waals surface area contributed by atoms with Crippen LogP contribution in [0.25, 0.3) is 0 Å². The van der Waals surface area contributed by atoms with Crippen LogP contribution >= 0.6 is 0 Å². The van der Waals surface area contributed by atoms with Gasteiger partial charge < -0.3 is 9.84 Å². The van der Waals surface area contributed by atoms with Gasteiger partial charge >= 0.3 is 0 Å². The summed E-state index contributed by atoms with van der Waals surface area (Å²) in [6.07, 6.45) is 5.47. The number of aliphatic hydroxyl groups is 1. The quantitative estimate of drug-likeness (QED) is 0.886. The molecule has 3 rings (SSSR count). The van der Waals surface area contributed by atoms with Crippen LogP contribution in [-0.2, 0) is 12.0 Å². The van der Waals surface area contributed by atoms with E-state index in [-0.39, 0.29) is 0 Å². The van der Waals surface area contributed by atoms with E-state index in [1.807, 2.05) is 6.07 Å². The summed E-state index contributed by atoms with van der Waals surface area (Å²) < 4.78 is 5.35. The minimum Gasteiger partial charge on any atom is -0.497 e. The molecule has 3 unspecified atom stereocenters. The summed E-state index contributed by atoms with van der Waals surface area (Å²) in [6, 6.07) is 6.20. The Morgan fingerprint density at radius 1 is 1.15 bits per heavy atom. The molecule has 0 amide bonds. The largest absolute Gasteiger partial charge is 0.497 e. The summed E-state index contributed by atoms with van der Waals surface area (Å²) in [5, 5.41) is 11.4. The Kier molecular flexibility index (Phi) is 3.53. The van der Waals surface area contributed by atoms with Gasteiger partial charge in [0.15, 0.2) is 0 Å². The fourth-order valence-corrected chi connectivity index (χ4v) is 4.52. The molecule has 0 radical (unpaired) electrons. The Hall–Kier alpha value is -1.02. The molecule has 2 heteroatoms. The topological polar surface area (TPSA) is 29.5 Å². The molecule has 0 spiro atoms. The van der Waals surface area contributed by atoms with Gasteiger partial charge in [0.1, 0.15) is 5.75 Å². The van der Waals surface area contributed by atoms with E-state index in [1.165, 1.54) is 12.0 Å². The average molecular weight is 274 g/mol. The minimum atomic E-state index is -0.632. The summed E-state index contributed by atoms with van der Waals surface area (Å²) in [5.74, 6) is 2.71. The standard InChI is InChI=1S/C18H26O2/c1-12-8-13(2)10-15(9-12)18(19)7-6-14-4-5-16(20-3)11-17(14)18/h4-5,11-13,15,19H,6-10H2,1-3H3. The number of hydrogen-bond acceptors (Lipinski definition) is 2. The van der Waals surface area contributed by atoms with Crippen LogP contribution in [0.5, 0.6) is 5.75 Å². The number of hydrogen-bond donors (Lipinski definition) is 1. The van der Waals surface area contributed by atoms with Crippen molar-refractivity contribution in [2.24, 2.45) is 17.8 Å². The third kappa shape index (κ3) is 2.24. The summed E-state index contributed by atoms with van der Waals surface area (Å²) in [4.78, 5) is 0. The molecule has 1 aromatic carbocycles. The van der Waals surface area contributed by atoms with E-state index >= 15 is 0 Å². The van der Waals surface area contributed by atoms with Crippen LogP contribution in [0.15, 0.2) is 18.2 Å². The molecular formula is C18H26O2. The van der Waals surface area contributed by atoms with E-state index in [2.05, 4.69) is 26.0 Å². The zero-order chi connectivity index (χ0) is 14.3. The average Bonchev–Trinajstić information content (AvgIpc) is 2.76. The number of methoxy groups -OCH3 is 1. The van der Waals surface area contributed by atoms with Crippen LogP contribution in [0.2, 0.25) is 0 Å². The minimum absolute atomic E-state index is 0.398. The molecule has 0 aliphatic heterocycles. The van der Waals surface area contributed by atoms with Gasteiger partial charge in [-0.05, 0) is 73.1 Å². The highest BCUT2D eigenvalue weighted by molar-refractivity contribution is 5.43. The SMILES string of the molecule is COc1ccc2c(c1)C(O)(C1CC(C)CC(C)C1)CC2. The molecule has 2 aliphatic rings. The first kappa shape index (κ1) is 13.9. The molecule has 0 bridgehead atoms. The van der Waals surface area contributed by atoms with Crippen LogP contribution in [0.4, 0.5) is 0 Å². The number of aryl methyl sites for hydroxylation is 1. The molecule has 0 heterocycles. The Balaban J connectivity index is 1.94. The van der Waals surface area contributed by atoms with Crippen LogP contribution in [0.3, 0.4) is 0 Å². The summed E-state index contributed by atoms with van der Waals surface area (Å²) in [6.45, 7) is 4.65. The molecule has 20 heavy (non-hydrogen) atoms. The Morgan fingerprint density at radius 3 is 2.50 bits per heavy atom. The maximum absolute atomic E-state index is 11.4. The number of rotatable bonds is 2. The lowest BCUT2D eigenvalue weighted by Crippen LogP contribution is -2.37. The second-order valence-corrected chi connectivity index (χ2v) is 7.06. The number of benzene rings is 1. The van der Waals surface area contributed by atoms with Gasteiger partial charge in [-0.2, -0.15) is 0 Å². The van der Waals surface area contributed by atoms with Crippen molar-refractivity contribution in [2.75, 3.05) is 7.11 Å². The molecule has 110 valence electrons. The summed E-state index contributed by atoms with van der Waals surface area (Å²) >= 11 is 0. The lowest BCUT2D eigenvalue weighted by Gasteiger charge is -2.41. The van der Waals surface area contributed by atoms with Crippen molar-refractivity contribution < 1.29 is 9.84 Å². The molecule has 0 aromatic heterocycles. The third-order valence-electron chi connectivity index (χ3n) is 5.41. The smallest absolute Gasteiger partial charge is 0.119 e. The van der Waals surface area contributed by atoms with Gasteiger partial charge in [0.2, 0.25) is 0 Å².